The van der Waals surface area contributed by atoms with Crippen molar-refractivity contribution in [1.29, 1.82) is 0 Å². The Balaban J connectivity index is 1.69. The average Bonchev–Trinajstić information content (AvgIpc) is 2.63. The number of aromatic nitrogens is 2. The summed E-state index contributed by atoms with van der Waals surface area (Å²) in [7, 11) is 3.74. The number of hydrogen-bond acceptors (Lipinski definition) is 5. The van der Waals surface area contributed by atoms with Crippen LogP contribution in [-0.4, -0.2) is 48.2 Å². The number of piperidine rings is 1. The second-order valence-electron chi connectivity index (χ2n) is 6.57. The van der Waals surface area contributed by atoms with Crippen LogP contribution < -0.4 is 9.64 Å². The molecule has 0 saturated carbocycles. The number of aryl methyl sites for hydroxylation is 1. The van der Waals surface area contributed by atoms with Crippen LogP contribution in [0.3, 0.4) is 0 Å². The van der Waals surface area contributed by atoms with Crippen LogP contribution in [0.1, 0.15) is 24.1 Å². The molecule has 25 heavy (non-hydrogen) atoms. The summed E-state index contributed by atoms with van der Waals surface area (Å²) in [6.45, 7) is 4.87. The fraction of sp³-hybridized carbons (Fsp3) is 0.474. The maximum atomic E-state index is 6.46. The summed E-state index contributed by atoms with van der Waals surface area (Å²) in [5.41, 5.74) is 2.10. The van der Waals surface area contributed by atoms with Gasteiger partial charge in [0.2, 0.25) is 5.95 Å². The third kappa shape index (κ3) is 4.22. The molecular weight excluding hydrogens is 336 g/mol. The molecule has 1 fully saturated rings. The molecule has 6 heteroatoms. The molecule has 5 nitrogen and oxygen atoms in total. The molecule has 1 aliphatic heterocycles. The van der Waals surface area contributed by atoms with Gasteiger partial charge in [-0.25, -0.2) is 9.97 Å². The van der Waals surface area contributed by atoms with Gasteiger partial charge in [-0.3, -0.25) is 4.90 Å². The lowest BCUT2D eigenvalue weighted by atomic mass is 10.0. The highest BCUT2D eigenvalue weighted by atomic mass is 35.5. The number of likely N-dealkylation sites (tertiary alicyclic amines) is 1. The number of likely N-dealkylation sites (N-methyl/N-ethyl adjacent to an activating group) is 1. The fourth-order valence-corrected chi connectivity index (χ4v) is 3.60. The zero-order valence-corrected chi connectivity index (χ0v) is 15.8. The van der Waals surface area contributed by atoms with Crippen molar-refractivity contribution >= 4 is 17.5 Å². The minimum atomic E-state index is 0.403. The Kier molecular flexibility index (Phi) is 5.76. The second-order valence-corrected chi connectivity index (χ2v) is 6.95. The largest absolute Gasteiger partial charge is 0.495 e. The zero-order valence-electron chi connectivity index (χ0n) is 15.1. The van der Waals surface area contributed by atoms with Gasteiger partial charge in [0, 0.05) is 38.1 Å². The van der Waals surface area contributed by atoms with E-state index in [0.29, 0.717) is 11.1 Å². The Labute approximate surface area is 154 Å². The maximum absolute atomic E-state index is 6.46. The zero-order chi connectivity index (χ0) is 17.8. The Bertz CT molecular complexity index is 724. The van der Waals surface area contributed by atoms with E-state index < -0.39 is 0 Å². The molecule has 1 saturated heterocycles. The number of nitrogens with zero attached hydrogens (tertiary/aromatic N) is 4. The van der Waals surface area contributed by atoms with Crippen molar-refractivity contribution in [3.8, 4) is 5.75 Å². The summed E-state index contributed by atoms with van der Waals surface area (Å²) in [6.07, 6.45) is 4.13. The minimum absolute atomic E-state index is 0.403. The first kappa shape index (κ1) is 18.0. The van der Waals surface area contributed by atoms with Gasteiger partial charge in [0.1, 0.15) is 5.75 Å². The molecule has 0 radical (unpaired) electrons. The van der Waals surface area contributed by atoms with Crippen LogP contribution in [0.15, 0.2) is 30.5 Å². The molecule has 0 spiro atoms. The van der Waals surface area contributed by atoms with Gasteiger partial charge in [-0.2, -0.15) is 0 Å². The van der Waals surface area contributed by atoms with E-state index in [0.717, 1.165) is 55.4 Å². The summed E-state index contributed by atoms with van der Waals surface area (Å²) in [4.78, 5) is 13.6. The highest BCUT2D eigenvalue weighted by Gasteiger charge is 2.25. The van der Waals surface area contributed by atoms with Gasteiger partial charge in [-0.15, -0.1) is 0 Å². The van der Waals surface area contributed by atoms with Crippen molar-refractivity contribution in [1.82, 2.24) is 14.9 Å². The molecule has 1 atom stereocenters. The summed E-state index contributed by atoms with van der Waals surface area (Å²) in [5, 5.41) is 0.711. The molecule has 1 aliphatic rings. The van der Waals surface area contributed by atoms with Gasteiger partial charge >= 0.3 is 0 Å². The number of rotatable bonds is 5. The summed E-state index contributed by atoms with van der Waals surface area (Å²) in [6, 6.07) is 8.29. The number of benzene rings is 1. The van der Waals surface area contributed by atoms with Gasteiger partial charge in [-0.1, -0.05) is 23.7 Å². The standard InChI is InChI=1S/C19H25ClN4O/c1-14-9-10-21-19(22-14)23(2)16-7-5-11-24(13-16)12-15-6-4-8-17(25-3)18(15)20/h4,6,8-10,16H,5,7,11-13H2,1-3H3. The highest BCUT2D eigenvalue weighted by Crippen LogP contribution is 2.29. The third-order valence-electron chi connectivity index (χ3n) is 4.78. The van der Waals surface area contributed by atoms with E-state index in [9.17, 15) is 0 Å². The molecule has 0 aliphatic carbocycles. The first-order valence-corrected chi connectivity index (χ1v) is 9.02. The summed E-state index contributed by atoms with van der Waals surface area (Å²) in [5.74, 6) is 1.53. The lowest BCUT2D eigenvalue weighted by Crippen LogP contribution is -2.46. The van der Waals surface area contributed by atoms with Crippen molar-refractivity contribution in [3.63, 3.8) is 0 Å². The number of ether oxygens (including phenoxy) is 1. The molecule has 0 bridgehead atoms. The monoisotopic (exact) mass is 360 g/mol. The molecule has 0 N–H and O–H groups in total. The van der Waals surface area contributed by atoms with Crippen LogP contribution in [0.2, 0.25) is 5.02 Å². The van der Waals surface area contributed by atoms with Crippen molar-refractivity contribution in [2.24, 2.45) is 0 Å². The molecule has 2 heterocycles. The van der Waals surface area contributed by atoms with Crippen LogP contribution in [0.4, 0.5) is 5.95 Å². The van der Waals surface area contributed by atoms with Crippen molar-refractivity contribution in [3.05, 3.63) is 46.7 Å². The molecule has 1 aromatic carbocycles. The molecule has 3 rings (SSSR count). The van der Waals surface area contributed by atoms with E-state index in [1.807, 2.05) is 31.3 Å². The van der Waals surface area contributed by atoms with Crippen LogP contribution in [0.25, 0.3) is 0 Å². The van der Waals surface area contributed by atoms with Crippen molar-refractivity contribution in [2.45, 2.75) is 32.4 Å². The smallest absolute Gasteiger partial charge is 0.225 e. The predicted molar refractivity (Wildman–Crippen MR) is 101 cm³/mol. The van der Waals surface area contributed by atoms with Crippen molar-refractivity contribution in [2.75, 3.05) is 32.1 Å². The van der Waals surface area contributed by atoms with Crippen LogP contribution in [0, 0.1) is 6.92 Å². The quantitative estimate of drug-likeness (QED) is 0.815. The molecule has 1 aromatic heterocycles. The Hall–Kier alpha value is -1.85. The number of hydrogen-bond donors (Lipinski definition) is 0. The van der Waals surface area contributed by atoms with E-state index >= 15 is 0 Å². The van der Waals surface area contributed by atoms with E-state index in [4.69, 9.17) is 16.3 Å². The van der Waals surface area contributed by atoms with Crippen molar-refractivity contribution < 1.29 is 4.74 Å². The normalized spacial score (nSPS) is 18.2. The van der Waals surface area contributed by atoms with Crippen LogP contribution in [-0.2, 0) is 6.54 Å². The second kappa shape index (κ2) is 8.02. The van der Waals surface area contributed by atoms with Crippen LogP contribution in [0.5, 0.6) is 5.75 Å². The summed E-state index contributed by atoms with van der Waals surface area (Å²) < 4.78 is 5.33. The average molecular weight is 361 g/mol. The fourth-order valence-electron chi connectivity index (χ4n) is 3.34. The molecule has 0 amide bonds. The number of halogens is 1. The minimum Gasteiger partial charge on any atom is -0.495 e. The van der Waals surface area contributed by atoms with Gasteiger partial charge in [0.05, 0.1) is 12.1 Å². The van der Waals surface area contributed by atoms with E-state index in [-0.39, 0.29) is 0 Å². The SMILES string of the molecule is COc1cccc(CN2CCCC(N(C)c3nccc(C)n3)C2)c1Cl. The molecule has 134 valence electrons. The van der Waals surface area contributed by atoms with Crippen LogP contribution >= 0.6 is 11.6 Å². The van der Waals surface area contributed by atoms with Gasteiger partial charge in [0.25, 0.3) is 0 Å². The third-order valence-corrected chi connectivity index (χ3v) is 5.21. The number of methoxy groups -OCH3 is 1. The van der Waals surface area contributed by atoms with E-state index in [1.54, 1.807) is 7.11 Å². The first-order valence-electron chi connectivity index (χ1n) is 8.64. The lowest BCUT2D eigenvalue weighted by molar-refractivity contribution is 0.198. The first-order chi connectivity index (χ1) is 12.1. The molecule has 2 aromatic rings. The topological polar surface area (TPSA) is 41.5 Å². The Morgan fingerprint density at radius 1 is 1.36 bits per heavy atom. The molecular formula is C19H25ClN4O. The predicted octanol–water partition coefficient (Wildman–Crippen LogP) is 3.55. The lowest BCUT2D eigenvalue weighted by Gasteiger charge is -2.37. The van der Waals surface area contributed by atoms with Gasteiger partial charge in [0.15, 0.2) is 0 Å². The Morgan fingerprint density at radius 2 is 2.20 bits per heavy atom. The highest BCUT2D eigenvalue weighted by molar-refractivity contribution is 6.32. The van der Waals surface area contributed by atoms with Gasteiger partial charge < -0.3 is 9.64 Å². The van der Waals surface area contributed by atoms with E-state index in [2.05, 4.69) is 32.9 Å². The Morgan fingerprint density at radius 3 is 2.96 bits per heavy atom. The van der Waals surface area contributed by atoms with E-state index in [1.165, 1.54) is 0 Å². The van der Waals surface area contributed by atoms with Gasteiger partial charge in [-0.05, 0) is 44.0 Å². The maximum Gasteiger partial charge on any atom is 0.225 e. The number of anilines is 1. The molecule has 1 unspecified atom stereocenters. The summed E-state index contributed by atoms with van der Waals surface area (Å²) >= 11 is 6.46.